The Morgan fingerprint density at radius 3 is 2.54 bits per heavy atom. The zero-order valence-corrected chi connectivity index (χ0v) is 15.6. The maximum atomic E-state index is 13.0. The Bertz CT molecular complexity index is 871. The Kier molecular flexibility index (Phi) is 4.94. The van der Waals surface area contributed by atoms with Gasteiger partial charge in [0, 0.05) is 26.2 Å². The second-order valence-electron chi connectivity index (χ2n) is 6.04. The highest BCUT2D eigenvalue weighted by Gasteiger charge is 2.23. The van der Waals surface area contributed by atoms with Gasteiger partial charge in [-0.25, -0.2) is 4.39 Å². The number of nitrogens with zero attached hydrogens (tertiary/aromatic N) is 4. The SMILES string of the molecule is O=C(Cc1ccc(F)cc1)N1CCN(c2nnc(-c3cccs3)s2)CC1. The molecule has 8 heteroatoms. The van der Waals surface area contributed by atoms with Crippen LogP contribution in [0, 0.1) is 5.82 Å². The van der Waals surface area contributed by atoms with Crippen molar-refractivity contribution in [2.24, 2.45) is 0 Å². The van der Waals surface area contributed by atoms with E-state index >= 15 is 0 Å². The van der Waals surface area contributed by atoms with Crippen LogP contribution in [0.15, 0.2) is 41.8 Å². The Labute approximate surface area is 158 Å². The molecular weight excluding hydrogens is 371 g/mol. The van der Waals surface area contributed by atoms with E-state index in [0.717, 1.165) is 33.7 Å². The highest BCUT2D eigenvalue weighted by Crippen LogP contribution is 2.31. The first-order valence-corrected chi connectivity index (χ1v) is 10.0. The van der Waals surface area contributed by atoms with Gasteiger partial charge in [-0.1, -0.05) is 29.5 Å². The smallest absolute Gasteiger partial charge is 0.227 e. The Morgan fingerprint density at radius 1 is 1.08 bits per heavy atom. The van der Waals surface area contributed by atoms with Gasteiger partial charge in [0.15, 0.2) is 5.01 Å². The van der Waals surface area contributed by atoms with E-state index in [9.17, 15) is 9.18 Å². The lowest BCUT2D eigenvalue weighted by atomic mass is 10.1. The number of aromatic nitrogens is 2. The predicted octanol–water partition coefficient (Wildman–Crippen LogP) is 3.30. The zero-order valence-electron chi connectivity index (χ0n) is 14.0. The molecule has 1 aliphatic heterocycles. The molecule has 3 aromatic rings. The van der Waals surface area contributed by atoms with Gasteiger partial charge < -0.3 is 9.80 Å². The molecule has 0 atom stereocenters. The lowest BCUT2D eigenvalue weighted by Gasteiger charge is -2.34. The summed E-state index contributed by atoms with van der Waals surface area (Å²) < 4.78 is 13.0. The van der Waals surface area contributed by atoms with Crippen molar-refractivity contribution in [3.63, 3.8) is 0 Å². The summed E-state index contributed by atoms with van der Waals surface area (Å²) in [7, 11) is 0. The van der Waals surface area contributed by atoms with Crippen LogP contribution < -0.4 is 4.90 Å². The summed E-state index contributed by atoms with van der Waals surface area (Å²) in [6, 6.07) is 10.2. The first-order chi connectivity index (χ1) is 12.7. The molecule has 0 N–H and O–H groups in total. The lowest BCUT2D eigenvalue weighted by molar-refractivity contribution is -0.130. The van der Waals surface area contributed by atoms with Crippen molar-refractivity contribution in [2.75, 3.05) is 31.1 Å². The minimum atomic E-state index is -0.284. The summed E-state index contributed by atoms with van der Waals surface area (Å²) in [5.74, 6) is -0.207. The number of carbonyl (C=O) groups is 1. The normalized spacial score (nSPS) is 14.7. The molecule has 0 radical (unpaired) electrons. The van der Waals surface area contributed by atoms with Gasteiger partial charge in [0.1, 0.15) is 5.82 Å². The minimum absolute atomic E-state index is 0.0767. The van der Waals surface area contributed by atoms with Gasteiger partial charge in [0.2, 0.25) is 11.0 Å². The standard InChI is InChI=1S/C18H17FN4OS2/c19-14-5-3-13(4-6-14)12-16(24)22-7-9-23(10-8-22)18-21-20-17(26-18)15-2-1-11-25-15/h1-6,11H,7-10,12H2. The van der Waals surface area contributed by atoms with Crippen molar-refractivity contribution in [1.29, 1.82) is 0 Å². The molecular formula is C18H17FN4OS2. The maximum absolute atomic E-state index is 13.0. The molecule has 134 valence electrons. The Morgan fingerprint density at radius 2 is 1.85 bits per heavy atom. The minimum Gasteiger partial charge on any atom is -0.343 e. The van der Waals surface area contributed by atoms with Crippen LogP contribution in [0.2, 0.25) is 0 Å². The van der Waals surface area contributed by atoms with Gasteiger partial charge in [0.25, 0.3) is 0 Å². The summed E-state index contributed by atoms with van der Waals surface area (Å²) in [5.41, 5.74) is 0.837. The first-order valence-electron chi connectivity index (χ1n) is 8.33. The van der Waals surface area contributed by atoms with Gasteiger partial charge in [-0.2, -0.15) is 0 Å². The van der Waals surface area contributed by atoms with Crippen LogP contribution in [0.5, 0.6) is 0 Å². The van der Waals surface area contributed by atoms with Crippen LogP contribution in [-0.2, 0) is 11.2 Å². The average molecular weight is 388 g/mol. The van der Waals surface area contributed by atoms with Crippen LogP contribution in [-0.4, -0.2) is 47.2 Å². The third-order valence-corrected chi connectivity index (χ3v) is 6.34. The molecule has 0 bridgehead atoms. The van der Waals surface area contributed by atoms with Crippen LogP contribution in [0.4, 0.5) is 9.52 Å². The fraction of sp³-hybridized carbons (Fsp3) is 0.278. The largest absolute Gasteiger partial charge is 0.343 e. The quantitative estimate of drug-likeness (QED) is 0.688. The van der Waals surface area contributed by atoms with Crippen molar-refractivity contribution in [1.82, 2.24) is 15.1 Å². The van der Waals surface area contributed by atoms with Crippen LogP contribution in [0.1, 0.15) is 5.56 Å². The molecule has 5 nitrogen and oxygen atoms in total. The molecule has 1 fully saturated rings. The fourth-order valence-corrected chi connectivity index (χ4v) is 4.57. The van der Waals surface area contributed by atoms with Crippen molar-refractivity contribution < 1.29 is 9.18 Å². The molecule has 0 aliphatic carbocycles. The van der Waals surface area contributed by atoms with E-state index in [2.05, 4.69) is 15.1 Å². The number of hydrogen-bond acceptors (Lipinski definition) is 6. The third-order valence-electron chi connectivity index (χ3n) is 4.32. The lowest BCUT2D eigenvalue weighted by Crippen LogP contribution is -2.49. The van der Waals surface area contributed by atoms with E-state index < -0.39 is 0 Å². The molecule has 1 amide bonds. The van der Waals surface area contributed by atoms with Gasteiger partial charge in [0.05, 0.1) is 11.3 Å². The zero-order chi connectivity index (χ0) is 17.9. The number of benzene rings is 1. The molecule has 0 spiro atoms. The average Bonchev–Trinajstić information content (AvgIpc) is 3.35. The van der Waals surface area contributed by atoms with Crippen LogP contribution in [0.3, 0.4) is 0 Å². The summed E-state index contributed by atoms with van der Waals surface area (Å²) in [5, 5.41) is 12.4. The number of carbonyl (C=O) groups excluding carboxylic acids is 1. The van der Waals surface area contributed by atoms with E-state index in [-0.39, 0.29) is 11.7 Å². The summed E-state index contributed by atoms with van der Waals surface area (Å²) >= 11 is 3.24. The molecule has 2 aromatic heterocycles. The van der Waals surface area contributed by atoms with Gasteiger partial charge in [-0.05, 0) is 29.1 Å². The molecule has 26 heavy (non-hydrogen) atoms. The van der Waals surface area contributed by atoms with E-state index in [1.807, 2.05) is 22.4 Å². The second kappa shape index (κ2) is 7.51. The monoisotopic (exact) mass is 388 g/mol. The fourth-order valence-electron chi connectivity index (χ4n) is 2.88. The molecule has 1 saturated heterocycles. The Balaban J connectivity index is 1.33. The maximum Gasteiger partial charge on any atom is 0.227 e. The van der Waals surface area contributed by atoms with Crippen molar-refractivity contribution in [2.45, 2.75) is 6.42 Å². The molecule has 1 aliphatic rings. The number of thiophene rings is 1. The van der Waals surface area contributed by atoms with Gasteiger partial charge in [-0.3, -0.25) is 4.79 Å². The van der Waals surface area contributed by atoms with Crippen molar-refractivity contribution >= 4 is 33.7 Å². The summed E-state index contributed by atoms with van der Waals surface area (Å²) in [6.45, 7) is 2.81. The Hall–Kier alpha value is -2.32. The molecule has 4 rings (SSSR count). The van der Waals surface area contributed by atoms with E-state index in [4.69, 9.17) is 0 Å². The third kappa shape index (κ3) is 3.76. The number of halogens is 1. The molecule has 3 heterocycles. The highest BCUT2D eigenvalue weighted by molar-refractivity contribution is 7.22. The number of rotatable bonds is 4. The van der Waals surface area contributed by atoms with Crippen LogP contribution in [0.25, 0.3) is 9.88 Å². The number of piperazine rings is 1. The summed E-state index contributed by atoms with van der Waals surface area (Å²) in [6.07, 6.45) is 0.307. The van der Waals surface area contributed by atoms with Gasteiger partial charge >= 0.3 is 0 Å². The number of hydrogen-bond donors (Lipinski definition) is 0. The van der Waals surface area contributed by atoms with Crippen LogP contribution >= 0.6 is 22.7 Å². The number of anilines is 1. The molecule has 1 aromatic carbocycles. The second-order valence-corrected chi connectivity index (χ2v) is 7.94. The predicted molar refractivity (Wildman–Crippen MR) is 102 cm³/mol. The highest BCUT2D eigenvalue weighted by atomic mass is 32.1. The first kappa shape index (κ1) is 17.1. The molecule has 0 unspecified atom stereocenters. The topological polar surface area (TPSA) is 49.3 Å². The van der Waals surface area contributed by atoms with Crippen molar-refractivity contribution in [3.05, 3.63) is 53.2 Å². The number of amides is 1. The van der Waals surface area contributed by atoms with Crippen molar-refractivity contribution in [3.8, 4) is 9.88 Å². The van der Waals surface area contributed by atoms with E-state index in [1.54, 1.807) is 34.8 Å². The van der Waals surface area contributed by atoms with Gasteiger partial charge in [-0.15, -0.1) is 21.5 Å². The van der Waals surface area contributed by atoms with E-state index in [1.165, 1.54) is 12.1 Å². The summed E-state index contributed by atoms with van der Waals surface area (Å²) in [4.78, 5) is 17.6. The molecule has 0 saturated carbocycles. The van der Waals surface area contributed by atoms with E-state index in [0.29, 0.717) is 19.5 Å².